The molecule has 0 aliphatic heterocycles. The summed E-state index contributed by atoms with van der Waals surface area (Å²) in [5.74, 6) is -0.974. The number of carboxylic acid groups (broad SMARTS) is 1. The Morgan fingerprint density at radius 2 is 2.13 bits per heavy atom. The standard InChI is InChI=1S/C10H6ClNO2S/c11-9-4-3-8(15-9)7-2-1-6(5-12-7)10(13)14/h1-5H,(H,13,14). The second kappa shape index (κ2) is 4.00. The van der Waals surface area contributed by atoms with Crippen molar-refractivity contribution in [3.05, 3.63) is 40.4 Å². The van der Waals surface area contributed by atoms with Crippen LogP contribution < -0.4 is 0 Å². The van der Waals surface area contributed by atoms with Gasteiger partial charge in [-0.1, -0.05) is 11.6 Å². The van der Waals surface area contributed by atoms with Crippen LogP contribution in [0.1, 0.15) is 10.4 Å². The molecule has 0 amide bonds. The van der Waals surface area contributed by atoms with Gasteiger partial charge in [0.1, 0.15) is 0 Å². The number of aromatic carboxylic acids is 1. The van der Waals surface area contributed by atoms with E-state index in [0.717, 1.165) is 10.6 Å². The van der Waals surface area contributed by atoms with Crippen molar-refractivity contribution in [3.63, 3.8) is 0 Å². The van der Waals surface area contributed by atoms with E-state index in [1.807, 2.05) is 6.07 Å². The van der Waals surface area contributed by atoms with Crippen LogP contribution in [-0.2, 0) is 0 Å². The maximum absolute atomic E-state index is 10.6. The summed E-state index contributed by atoms with van der Waals surface area (Å²) >= 11 is 7.20. The average Bonchev–Trinajstić information content (AvgIpc) is 2.65. The van der Waals surface area contributed by atoms with Gasteiger partial charge in [0.2, 0.25) is 0 Å². The summed E-state index contributed by atoms with van der Waals surface area (Å²) in [5, 5.41) is 8.69. The van der Waals surface area contributed by atoms with Crippen LogP contribution in [0, 0.1) is 0 Å². The molecule has 15 heavy (non-hydrogen) atoms. The van der Waals surface area contributed by atoms with Gasteiger partial charge in [-0.05, 0) is 24.3 Å². The zero-order chi connectivity index (χ0) is 10.8. The van der Waals surface area contributed by atoms with Crippen molar-refractivity contribution < 1.29 is 9.90 Å². The quantitative estimate of drug-likeness (QED) is 0.876. The fourth-order valence-corrected chi connectivity index (χ4v) is 2.14. The Labute approximate surface area is 95.0 Å². The molecule has 0 aromatic carbocycles. The fourth-order valence-electron chi connectivity index (χ4n) is 1.12. The van der Waals surface area contributed by atoms with Crippen molar-refractivity contribution in [3.8, 4) is 10.6 Å². The van der Waals surface area contributed by atoms with Gasteiger partial charge in [0, 0.05) is 6.20 Å². The van der Waals surface area contributed by atoms with Gasteiger partial charge in [-0.25, -0.2) is 4.79 Å². The van der Waals surface area contributed by atoms with Crippen LogP contribution in [0.2, 0.25) is 4.34 Å². The number of aromatic nitrogens is 1. The summed E-state index contributed by atoms with van der Waals surface area (Å²) in [6.07, 6.45) is 1.34. The molecule has 2 rings (SSSR count). The first-order chi connectivity index (χ1) is 7.16. The third kappa shape index (κ3) is 2.16. The Hall–Kier alpha value is -1.39. The molecule has 3 nitrogen and oxygen atoms in total. The molecule has 0 bridgehead atoms. The zero-order valence-corrected chi connectivity index (χ0v) is 9.05. The van der Waals surface area contributed by atoms with Crippen molar-refractivity contribution in [2.45, 2.75) is 0 Å². The van der Waals surface area contributed by atoms with E-state index in [9.17, 15) is 4.79 Å². The Morgan fingerprint density at radius 1 is 1.33 bits per heavy atom. The number of hydrogen-bond donors (Lipinski definition) is 1. The van der Waals surface area contributed by atoms with E-state index in [1.54, 1.807) is 12.1 Å². The van der Waals surface area contributed by atoms with Crippen molar-refractivity contribution in [1.82, 2.24) is 4.98 Å². The number of carboxylic acids is 1. The molecule has 0 radical (unpaired) electrons. The number of nitrogens with zero attached hydrogens (tertiary/aromatic N) is 1. The van der Waals surface area contributed by atoms with E-state index < -0.39 is 5.97 Å². The van der Waals surface area contributed by atoms with Crippen molar-refractivity contribution >= 4 is 28.9 Å². The Balaban J connectivity index is 2.35. The van der Waals surface area contributed by atoms with Gasteiger partial charge in [0.25, 0.3) is 0 Å². The Bertz CT molecular complexity index is 492. The highest BCUT2D eigenvalue weighted by Gasteiger charge is 2.05. The van der Waals surface area contributed by atoms with Crippen LogP contribution in [0.15, 0.2) is 30.5 Å². The molecule has 0 saturated carbocycles. The summed E-state index contributed by atoms with van der Waals surface area (Å²) in [6.45, 7) is 0. The van der Waals surface area contributed by atoms with Crippen LogP contribution in [0.25, 0.3) is 10.6 Å². The van der Waals surface area contributed by atoms with Crippen LogP contribution >= 0.6 is 22.9 Å². The van der Waals surface area contributed by atoms with Gasteiger partial charge < -0.3 is 5.11 Å². The van der Waals surface area contributed by atoms with Gasteiger partial charge in [0.15, 0.2) is 0 Å². The lowest BCUT2D eigenvalue weighted by atomic mass is 10.2. The van der Waals surface area contributed by atoms with Gasteiger partial charge >= 0.3 is 5.97 Å². The van der Waals surface area contributed by atoms with E-state index in [1.165, 1.54) is 23.6 Å². The molecule has 2 heterocycles. The highest BCUT2D eigenvalue weighted by Crippen LogP contribution is 2.29. The molecule has 0 spiro atoms. The molecule has 5 heteroatoms. The number of hydrogen-bond acceptors (Lipinski definition) is 3. The summed E-state index contributed by atoms with van der Waals surface area (Å²) in [6, 6.07) is 6.84. The number of carbonyl (C=O) groups is 1. The highest BCUT2D eigenvalue weighted by molar-refractivity contribution is 7.19. The monoisotopic (exact) mass is 239 g/mol. The zero-order valence-electron chi connectivity index (χ0n) is 7.48. The maximum atomic E-state index is 10.6. The smallest absolute Gasteiger partial charge is 0.337 e. The first-order valence-corrected chi connectivity index (χ1v) is 5.31. The minimum absolute atomic E-state index is 0.182. The molecule has 2 aromatic rings. The van der Waals surface area contributed by atoms with Crippen LogP contribution in [-0.4, -0.2) is 16.1 Å². The first kappa shape index (κ1) is 10.1. The maximum Gasteiger partial charge on any atom is 0.337 e. The second-order valence-electron chi connectivity index (χ2n) is 2.84. The highest BCUT2D eigenvalue weighted by atomic mass is 35.5. The molecule has 0 aliphatic carbocycles. The van der Waals surface area contributed by atoms with Gasteiger partial charge in [-0.15, -0.1) is 11.3 Å². The molecule has 76 valence electrons. The fraction of sp³-hybridized carbons (Fsp3) is 0. The molecule has 0 aliphatic rings. The Morgan fingerprint density at radius 3 is 2.60 bits per heavy atom. The van der Waals surface area contributed by atoms with Crippen molar-refractivity contribution in [2.75, 3.05) is 0 Å². The number of halogens is 1. The number of pyridine rings is 1. The lowest BCUT2D eigenvalue weighted by Crippen LogP contribution is -1.96. The predicted octanol–water partition coefficient (Wildman–Crippen LogP) is 3.16. The van der Waals surface area contributed by atoms with Gasteiger partial charge in [-0.3, -0.25) is 4.98 Å². The van der Waals surface area contributed by atoms with E-state index >= 15 is 0 Å². The molecule has 0 fully saturated rings. The summed E-state index contributed by atoms with van der Waals surface area (Å²) < 4.78 is 0.689. The minimum atomic E-state index is -0.974. The van der Waals surface area contributed by atoms with E-state index in [2.05, 4.69) is 4.98 Å². The number of thiophene rings is 1. The van der Waals surface area contributed by atoms with Gasteiger partial charge in [0.05, 0.1) is 20.5 Å². The lowest BCUT2D eigenvalue weighted by molar-refractivity contribution is 0.0696. The molecule has 0 atom stereocenters. The van der Waals surface area contributed by atoms with E-state index in [0.29, 0.717) is 4.34 Å². The molecule has 1 N–H and O–H groups in total. The predicted molar refractivity (Wildman–Crippen MR) is 59.5 cm³/mol. The lowest BCUT2D eigenvalue weighted by Gasteiger charge is -1.96. The van der Waals surface area contributed by atoms with Crippen molar-refractivity contribution in [2.24, 2.45) is 0 Å². The Kier molecular flexibility index (Phi) is 2.70. The molecular weight excluding hydrogens is 234 g/mol. The summed E-state index contributed by atoms with van der Waals surface area (Å²) in [7, 11) is 0. The molecular formula is C10H6ClNO2S. The topological polar surface area (TPSA) is 50.2 Å². The number of rotatable bonds is 2. The first-order valence-electron chi connectivity index (χ1n) is 4.12. The van der Waals surface area contributed by atoms with Crippen LogP contribution in [0.5, 0.6) is 0 Å². The molecule has 0 saturated heterocycles. The van der Waals surface area contributed by atoms with Crippen molar-refractivity contribution in [1.29, 1.82) is 0 Å². The summed E-state index contributed by atoms with van der Waals surface area (Å²) in [4.78, 5) is 15.6. The minimum Gasteiger partial charge on any atom is -0.478 e. The molecule has 2 aromatic heterocycles. The normalized spacial score (nSPS) is 10.2. The SMILES string of the molecule is O=C(O)c1ccc(-c2ccc(Cl)s2)nc1. The summed E-state index contributed by atoms with van der Waals surface area (Å²) in [5.41, 5.74) is 0.915. The molecule has 0 unspecified atom stereocenters. The largest absolute Gasteiger partial charge is 0.478 e. The van der Waals surface area contributed by atoms with E-state index in [4.69, 9.17) is 16.7 Å². The average molecular weight is 240 g/mol. The van der Waals surface area contributed by atoms with Crippen LogP contribution in [0.4, 0.5) is 0 Å². The second-order valence-corrected chi connectivity index (χ2v) is 4.56. The van der Waals surface area contributed by atoms with E-state index in [-0.39, 0.29) is 5.56 Å². The van der Waals surface area contributed by atoms with Gasteiger partial charge in [-0.2, -0.15) is 0 Å². The van der Waals surface area contributed by atoms with Crippen LogP contribution in [0.3, 0.4) is 0 Å². The third-order valence-corrected chi connectivity index (χ3v) is 3.09. The third-order valence-electron chi connectivity index (χ3n) is 1.84.